The smallest absolute Gasteiger partial charge is 0.191 e. The van der Waals surface area contributed by atoms with Gasteiger partial charge >= 0.3 is 0 Å². The van der Waals surface area contributed by atoms with Gasteiger partial charge in [-0.1, -0.05) is 60.7 Å². The van der Waals surface area contributed by atoms with Crippen LogP contribution in [0.2, 0.25) is 0 Å². The number of hydrogen-bond donors (Lipinski definition) is 2. The van der Waals surface area contributed by atoms with Gasteiger partial charge in [0.1, 0.15) is 0 Å². The topological polar surface area (TPSA) is 54.9 Å². The summed E-state index contributed by atoms with van der Waals surface area (Å²) in [6.07, 6.45) is 0.953. The highest BCUT2D eigenvalue weighted by Gasteiger charge is 2.13. The maximum absolute atomic E-state index is 5.49. The van der Waals surface area contributed by atoms with Crippen LogP contribution in [0.5, 0.6) is 0 Å². The van der Waals surface area contributed by atoms with Crippen molar-refractivity contribution in [1.29, 1.82) is 0 Å². The fourth-order valence-electron chi connectivity index (χ4n) is 3.03. The van der Waals surface area contributed by atoms with Crippen LogP contribution in [-0.2, 0) is 9.47 Å². The van der Waals surface area contributed by atoms with Crippen LogP contribution in [0.1, 0.15) is 30.4 Å². The minimum atomic E-state index is 0.339. The van der Waals surface area contributed by atoms with Crippen LogP contribution in [0.25, 0.3) is 0 Å². The van der Waals surface area contributed by atoms with E-state index >= 15 is 0 Å². The largest absolute Gasteiger partial charge is 0.382 e. The second-order valence-electron chi connectivity index (χ2n) is 6.46. The Balaban J connectivity index is 1.92. The molecule has 0 aliphatic carbocycles. The minimum absolute atomic E-state index is 0.339. The number of hydrogen-bond acceptors (Lipinski definition) is 3. The van der Waals surface area contributed by atoms with Crippen LogP contribution in [0.3, 0.4) is 0 Å². The van der Waals surface area contributed by atoms with Crippen molar-refractivity contribution in [3.8, 4) is 0 Å². The van der Waals surface area contributed by atoms with Crippen molar-refractivity contribution in [1.82, 2.24) is 10.6 Å². The highest BCUT2D eigenvalue weighted by Crippen LogP contribution is 2.27. The van der Waals surface area contributed by atoms with E-state index in [1.54, 1.807) is 7.11 Å². The molecule has 0 radical (unpaired) electrons. The first-order valence-corrected chi connectivity index (χ1v) is 10.0. The molecule has 2 aromatic rings. The molecule has 0 aliphatic heterocycles. The van der Waals surface area contributed by atoms with E-state index in [0.717, 1.165) is 32.0 Å². The lowest BCUT2D eigenvalue weighted by molar-refractivity contribution is 0.0733. The van der Waals surface area contributed by atoms with Crippen molar-refractivity contribution < 1.29 is 9.47 Å². The van der Waals surface area contributed by atoms with Gasteiger partial charge in [-0.05, 0) is 24.5 Å². The molecule has 0 saturated heterocycles. The summed E-state index contributed by atoms with van der Waals surface area (Å²) >= 11 is 0. The summed E-state index contributed by atoms with van der Waals surface area (Å²) < 4.78 is 10.5. The van der Waals surface area contributed by atoms with Gasteiger partial charge in [-0.25, -0.2) is 0 Å². The molecule has 0 spiro atoms. The third-order valence-corrected chi connectivity index (χ3v) is 4.41. The molecular formula is C23H33N3O2. The summed E-state index contributed by atoms with van der Waals surface area (Å²) in [6.45, 7) is 6.23. The molecule has 2 aromatic carbocycles. The van der Waals surface area contributed by atoms with Crippen LogP contribution in [-0.4, -0.2) is 52.5 Å². The predicted molar refractivity (Wildman–Crippen MR) is 116 cm³/mol. The monoisotopic (exact) mass is 383 g/mol. The maximum Gasteiger partial charge on any atom is 0.191 e. The van der Waals surface area contributed by atoms with Crippen LogP contribution in [0, 0.1) is 0 Å². The Kier molecular flexibility index (Phi) is 10.8. The van der Waals surface area contributed by atoms with E-state index in [9.17, 15) is 0 Å². The van der Waals surface area contributed by atoms with Gasteiger partial charge in [-0.3, -0.25) is 4.99 Å². The maximum atomic E-state index is 5.49. The van der Waals surface area contributed by atoms with Crippen LogP contribution >= 0.6 is 0 Å². The van der Waals surface area contributed by atoms with Gasteiger partial charge in [0.15, 0.2) is 5.96 Å². The summed E-state index contributed by atoms with van der Waals surface area (Å²) in [5.74, 6) is 1.17. The summed E-state index contributed by atoms with van der Waals surface area (Å²) in [5, 5.41) is 6.62. The van der Waals surface area contributed by atoms with E-state index in [4.69, 9.17) is 14.5 Å². The molecular weight excluding hydrogens is 350 g/mol. The molecule has 0 heterocycles. The lowest BCUT2D eigenvalue weighted by Gasteiger charge is -2.18. The minimum Gasteiger partial charge on any atom is -0.382 e. The summed E-state index contributed by atoms with van der Waals surface area (Å²) in [6, 6.07) is 21.3. The number of benzene rings is 2. The fourth-order valence-corrected chi connectivity index (χ4v) is 3.03. The van der Waals surface area contributed by atoms with E-state index in [-0.39, 0.29) is 0 Å². The van der Waals surface area contributed by atoms with Crippen molar-refractivity contribution in [3.05, 3.63) is 71.8 Å². The predicted octanol–water partition coefficient (Wildman–Crippen LogP) is 3.43. The normalized spacial score (nSPS) is 11.6. The first-order valence-electron chi connectivity index (χ1n) is 10.0. The van der Waals surface area contributed by atoms with Crippen molar-refractivity contribution in [3.63, 3.8) is 0 Å². The second-order valence-corrected chi connectivity index (χ2v) is 6.46. The van der Waals surface area contributed by atoms with Crippen molar-refractivity contribution in [2.45, 2.75) is 19.3 Å². The van der Waals surface area contributed by atoms with Crippen molar-refractivity contribution in [2.75, 3.05) is 46.6 Å². The Morgan fingerprint density at radius 2 is 1.54 bits per heavy atom. The highest BCUT2D eigenvalue weighted by atomic mass is 16.5. The quantitative estimate of drug-likeness (QED) is 0.335. The number of guanidine groups is 1. The Morgan fingerprint density at radius 3 is 2.11 bits per heavy atom. The molecule has 5 nitrogen and oxygen atoms in total. The van der Waals surface area contributed by atoms with Crippen molar-refractivity contribution in [2.24, 2.45) is 4.99 Å². The SMILES string of the molecule is CCNC(=NCCC(c1ccccc1)c1ccccc1)NCCOCCOC. The average molecular weight is 384 g/mol. The molecule has 28 heavy (non-hydrogen) atoms. The van der Waals surface area contributed by atoms with Gasteiger partial charge in [-0.15, -0.1) is 0 Å². The van der Waals surface area contributed by atoms with E-state index in [2.05, 4.69) is 78.2 Å². The van der Waals surface area contributed by atoms with E-state index < -0.39 is 0 Å². The van der Waals surface area contributed by atoms with Gasteiger partial charge in [-0.2, -0.15) is 0 Å². The molecule has 2 N–H and O–H groups in total. The number of rotatable bonds is 12. The number of ether oxygens (including phenoxy) is 2. The van der Waals surface area contributed by atoms with E-state index in [0.29, 0.717) is 25.7 Å². The average Bonchev–Trinajstić information content (AvgIpc) is 2.75. The molecule has 2 rings (SSSR count). The second kappa shape index (κ2) is 13.7. The molecule has 0 amide bonds. The number of nitrogens with zero attached hydrogens (tertiary/aromatic N) is 1. The summed E-state index contributed by atoms with van der Waals surface area (Å²) in [4.78, 5) is 4.75. The first-order chi connectivity index (χ1) is 13.8. The molecule has 152 valence electrons. The molecule has 0 fully saturated rings. The molecule has 0 saturated carbocycles. The molecule has 0 aliphatic rings. The number of methoxy groups -OCH3 is 1. The van der Waals surface area contributed by atoms with E-state index in [1.165, 1.54) is 11.1 Å². The third kappa shape index (κ3) is 8.11. The standard InChI is InChI=1S/C23H33N3O2/c1-3-24-23(26-16-17-28-19-18-27-2)25-15-14-22(20-10-6-4-7-11-20)21-12-8-5-9-13-21/h4-13,22H,3,14-19H2,1-2H3,(H2,24,25,26). The zero-order chi connectivity index (χ0) is 19.9. The Morgan fingerprint density at radius 1 is 0.893 bits per heavy atom. The van der Waals surface area contributed by atoms with Crippen molar-refractivity contribution >= 4 is 5.96 Å². The van der Waals surface area contributed by atoms with Crippen LogP contribution in [0.4, 0.5) is 0 Å². The molecule has 0 aromatic heterocycles. The fraction of sp³-hybridized carbons (Fsp3) is 0.435. The number of nitrogens with one attached hydrogen (secondary N) is 2. The third-order valence-electron chi connectivity index (χ3n) is 4.41. The van der Waals surface area contributed by atoms with E-state index in [1.807, 2.05) is 0 Å². The van der Waals surface area contributed by atoms with Gasteiger partial charge in [0.25, 0.3) is 0 Å². The lowest BCUT2D eigenvalue weighted by Crippen LogP contribution is -2.39. The van der Waals surface area contributed by atoms with Crippen LogP contribution in [0.15, 0.2) is 65.7 Å². The molecule has 5 heteroatoms. The van der Waals surface area contributed by atoms with Crippen LogP contribution < -0.4 is 10.6 Å². The van der Waals surface area contributed by atoms with Gasteiger partial charge in [0, 0.05) is 32.7 Å². The molecule has 0 bridgehead atoms. The highest BCUT2D eigenvalue weighted by molar-refractivity contribution is 5.79. The first kappa shape index (κ1) is 21.9. The summed E-state index contributed by atoms with van der Waals surface area (Å²) in [5.41, 5.74) is 2.65. The zero-order valence-corrected chi connectivity index (χ0v) is 17.1. The summed E-state index contributed by atoms with van der Waals surface area (Å²) in [7, 11) is 1.68. The molecule has 0 atom stereocenters. The lowest BCUT2D eigenvalue weighted by atomic mass is 9.89. The van der Waals surface area contributed by atoms with Gasteiger partial charge in [0.05, 0.1) is 19.8 Å². The molecule has 0 unspecified atom stereocenters. The Labute approximate surface area is 169 Å². The Bertz CT molecular complexity index is 623. The Hall–Kier alpha value is -2.37. The zero-order valence-electron chi connectivity index (χ0n) is 17.1. The number of aliphatic imine (C=N–C) groups is 1. The van der Waals surface area contributed by atoms with Gasteiger partial charge in [0.2, 0.25) is 0 Å². The van der Waals surface area contributed by atoms with Gasteiger partial charge < -0.3 is 20.1 Å².